The first-order valence-corrected chi connectivity index (χ1v) is 10.1. The van der Waals surface area contributed by atoms with E-state index >= 15 is 0 Å². The third-order valence-corrected chi connectivity index (χ3v) is 5.06. The summed E-state index contributed by atoms with van der Waals surface area (Å²) in [6.07, 6.45) is 0. The molecule has 0 aliphatic carbocycles. The van der Waals surface area contributed by atoms with Crippen LogP contribution in [0.1, 0.15) is 31.1 Å². The number of carbonyl (C=O) groups excluding carboxylic acids is 1. The Morgan fingerprint density at radius 3 is 2.31 bits per heavy atom. The van der Waals surface area contributed by atoms with E-state index in [1.54, 1.807) is 42.5 Å². The van der Waals surface area contributed by atoms with E-state index in [1.807, 2.05) is 26.8 Å². The molecule has 140 valence electrons. The van der Waals surface area contributed by atoms with E-state index in [0.29, 0.717) is 18.0 Å². The zero-order valence-corrected chi connectivity index (χ0v) is 16.0. The molecule has 0 aromatic heterocycles. The molecule has 0 fully saturated rings. The molecule has 26 heavy (non-hydrogen) atoms. The van der Waals surface area contributed by atoms with Gasteiger partial charge in [-0.3, -0.25) is 9.52 Å². The Kier molecular flexibility index (Phi) is 6.63. The number of ether oxygens (including phenoxy) is 1. The van der Waals surface area contributed by atoms with E-state index in [-0.39, 0.29) is 22.9 Å². The van der Waals surface area contributed by atoms with Gasteiger partial charge in [-0.1, -0.05) is 38.1 Å². The molecule has 6 nitrogen and oxygen atoms in total. The summed E-state index contributed by atoms with van der Waals surface area (Å²) in [5.74, 6) is 0.101. The van der Waals surface area contributed by atoms with Crippen molar-refractivity contribution in [3.8, 4) is 5.75 Å². The lowest BCUT2D eigenvalue weighted by atomic mass is 10.1. The minimum atomic E-state index is -3.53. The molecule has 2 rings (SSSR count). The normalized spacial score (nSPS) is 11.2. The summed E-state index contributed by atoms with van der Waals surface area (Å²) in [6, 6.07) is 13.6. The van der Waals surface area contributed by atoms with Crippen molar-refractivity contribution >= 4 is 27.3 Å². The molecular formula is C19H24N2O4S. The van der Waals surface area contributed by atoms with Crippen molar-refractivity contribution in [1.82, 2.24) is 0 Å². The summed E-state index contributed by atoms with van der Waals surface area (Å²) in [5.41, 5.74) is 1.02. The highest BCUT2D eigenvalue weighted by atomic mass is 32.2. The van der Waals surface area contributed by atoms with E-state index in [2.05, 4.69) is 10.0 Å². The summed E-state index contributed by atoms with van der Waals surface area (Å²) in [7, 11) is -3.53. The minimum Gasteiger partial charge on any atom is -0.492 e. The van der Waals surface area contributed by atoms with Gasteiger partial charge in [-0.05, 0) is 37.1 Å². The standard InChI is InChI=1S/C19H24N2O4S/c1-4-25-18-12-8-7-11-17(18)20-19(22)15-9-5-6-10-16(15)21-26(23,24)13-14(2)3/h5-12,14,21H,4,13H2,1-3H3,(H,20,22). The largest absolute Gasteiger partial charge is 0.492 e. The van der Waals surface area contributed by atoms with E-state index in [1.165, 1.54) is 0 Å². The van der Waals surface area contributed by atoms with Gasteiger partial charge in [0, 0.05) is 0 Å². The summed E-state index contributed by atoms with van der Waals surface area (Å²) in [5, 5.41) is 2.78. The number of hydrogen-bond donors (Lipinski definition) is 2. The van der Waals surface area contributed by atoms with Crippen molar-refractivity contribution < 1.29 is 17.9 Å². The number of nitrogens with one attached hydrogen (secondary N) is 2. The molecule has 0 atom stereocenters. The SMILES string of the molecule is CCOc1ccccc1NC(=O)c1ccccc1NS(=O)(=O)CC(C)C. The molecule has 2 aromatic rings. The molecule has 0 saturated carbocycles. The number of para-hydroxylation sites is 3. The van der Waals surface area contributed by atoms with Crippen molar-refractivity contribution in [3.05, 3.63) is 54.1 Å². The minimum absolute atomic E-state index is 0.0177. The average Bonchev–Trinajstić information content (AvgIpc) is 2.55. The Labute approximate surface area is 154 Å². The van der Waals surface area contributed by atoms with Gasteiger partial charge in [0.25, 0.3) is 5.91 Å². The van der Waals surface area contributed by atoms with Gasteiger partial charge >= 0.3 is 0 Å². The molecule has 7 heteroatoms. The maximum atomic E-state index is 12.7. The second-order valence-electron chi connectivity index (χ2n) is 6.21. The number of hydrogen-bond acceptors (Lipinski definition) is 4. The quantitative estimate of drug-likeness (QED) is 0.735. The Bertz CT molecular complexity index is 863. The van der Waals surface area contributed by atoms with Crippen LogP contribution in [0.15, 0.2) is 48.5 Å². The highest BCUT2D eigenvalue weighted by molar-refractivity contribution is 7.92. The Morgan fingerprint density at radius 2 is 1.65 bits per heavy atom. The molecular weight excluding hydrogens is 352 g/mol. The maximum Gasteiger partial charge on any atom is 0.257 e. The number of sulfonamides is 1. The van der Waals surface area contributed by atoms with Gasteiger partial charge in [0.1, 0.15) is 5.75 Å². The lowest BCUT2D eigenvalue weighted by Crippen LogP contribution is -2.22. The van der Waals surface area contributed by atoms with Gasteiger partial charge in [-0.25, -0.2) is 8.42 Å². The molecule has 0 heterocycles. The molecule has 2 N–H and O–H groups in total. The van der Waals surface area contributed by atoms with Crippen LogP contribution in [0.3, 0.4) is 0 Å². The molecule has 0 saturated heterocycles. The van der Waals surface area contributed by atoms with Gasteiger partial charge in [0.2, 0.25) is 10.0 Å². The molecule has 0 unspecified atom stereocenters. The van der Waals surface area contributed by atoms with Gasteiger partial charge in [-0.2, -0.15) is 0 Å². The van der Waals surface area contributed by atoms with E-state index in [0.717, 1.165) is 0 Å². The third kappa shape index (κ3) is 5.49. The highest BCUT2D eigenvalue weighted by Gasteiger charge is 2.18. The number of benzene rings is 2. The number of carbonyl (C=O) groups is 1. The fourth-order valence-corrected chi connectivity index (χ4v) is 3.93. The molecule has 0 radical (unpaired) electrons. The zero-order valence-electron chi connectivity index (χ0n) is 15.2. The molecule has 2 aromatic carbocycles. The summed E-state index contributed by atoms with van der Waals surface area (Å²) >= 11 is 0. The summed E-state index contributed by atoms with van der Waals surface area (Å²) in [6.45, 7) is 5.97. The van der Waals surface area contributed by atoms with Crippen LogP contribution in [0.5, 0.6) is 5.75 Å². The van der Waals surface area contributed by atoms with Crippen molar-refractivity contribution in [3.63, 3.8) is 0 Å². The van der Waals surface area contributed by atoms with E-state index in [9.17, 15) is 13.2 Å². The molecule has 0 spiro atoms. The molecule has 1 amide bonds. The number of anilines is 2. The molecule has 0 bridgehead atoms. The van der Waals surface area contributed by atoms with Crippen LogP contribution in [0, 0.1) is 5.92 Å². The zero-order chi connectivity index (χ0) is 19.2. The van der Waals surface area contributed by atoms with Gasteiger partial charge in [0.15, 0.2) is 0 Å². The second-order valence-corrected chi connectivity index (χ2v) is 7.97. The highest BCUT2D eigenvalue weighted by Crippen LogP contribution is 2.26. The lowest BCUT2D eigenvalue weighted by molar-refractivity contribution is 0.102. The Balaban J connectivity index is 2.26. The molecule has 0 aliphatic rings. The molecule has 0 aliphatic heterocycles. The first kappa shape index (κ1) is 19.8. The van der Waals surface area contributed by atoms with Crippen LogP contribution in [0.4, 0.5) is 11.4 Å². The third-order valence-electron chi connectivity index (χ3n) is 3.42. The first-order valence-electron chi connectivity index (χ1n) is 8.45. The second kappa shape index (κ2) is 8.71. The predicted molar refractivity (Wildman–Crippen MR) is 104 cm³/mol. The summed E-state index contributed by atoms with van der Waals surface area (Å²) < 4.78 is 32.4. The monoisotopic (exact) mass is 376 g/mol. The Hall–Kier alpha value is -2.54. The lowest BCUT2D eigenvalue weighted by Gasteiger charge is -2.15. The maximum absolute atomic E-state index is 12.7. The van der Waals surface area contributed by atoms with Gasteiger partial charge in [0.05, 0.1) is 29.3 Å². The van der Waals surface area contributed by atoms with Gasteiger partial charge < -0.3 is 10.1 Å². The van der Waals surface area contributed by atoms with Gasteiger partial charge in [-0.15, -0.1) is 0 Å². The Morgan fingerprint density at radius 1 is 1.04 bits per heavy atom. The summed E-state index contributed by atoms with van der Waals surface area (Å²) in [4.78, 5) is 12.7. The number of rotatable bonds is 8. The van der Waals surface area contributed by atoms with Crippen LogP contribution < -0.4 is 14.8 Å². The van der Waals surface area contributed by atoms with Crippen molar-refractivity contribution in [2.75, 3.05) is 22.4 Å². The topological polar surface area (TPSA) is 84.5 Å². The van der Waals surface area contributed by atoms with Crippen LogP contribution >= 0.6 is 0 Å². The fraction of sp³-hybridized carbons (Fsp3) is 0.316. The number of amides is 1. The van der Waals surface area contributed by atoms with Crippen LogP contribution in [-0.2, 0) is 10.0 Å². The smallest absolute Gasteiger partial charge is 0.257 e. The van der Waals surface area contributed by atoms with E-state index < -0.39 is 15.9 Å². The van der Waals surface area contributed by atoms with Crippen LogP contribution in [0.25, 0.3) is 0 Å². The fourth-order valence-electron chi connectivity index (χ4n) is 2.46. The van der Waals surface area contributed by atoms with Crippen molar-refractivity contribution in [2.24, 2.45) is 5.92 Å². The first-order chi connectivity index (χ1) is 12.3. The van der Waals surface area contributed by atoms with Crippen LogP contribution in [-0.4, -0.2) is 26.7 Å². The predicted octanol–water partition coefficient (Wildman–Crippen LogP) is 3.74. The van der Waals surface area contributed by atoms with E-state index in [4.69, 9.17) is 4.74 Å². The van der Waals surface area contributed by atoms with Crippen molar-refractivity contribution in [2.45, 2.75) is 20.8 Å². The average molecular weight is 376 g/mol. The van der Waals surface area contributed by atoms with Crippen LogP contribution in [0.2, 0.25) is 0 Å². The van der Waals surface area contributed by atoms with Crippen molar-refractivity contribution in [1.29, 1.82) is 0 Å².